The van der Waals surface area contributed by atoms with Crippen molar-refractivity contribution in [2.75, 3.05) is 6.79 Å². The van der Waals surface area contributed by atoms with E-state index in [0.29, 0.717) is 27.6 Å². The van der Waals surface area contributed by atoms with Gasteiger partial charge in [0.15, 0.2) is 17.2 Å². The monoisotopic (exact) mass is 345 g/mol. The summed E-state index contributed by atoms with van der Waals surface area (Å²) in [6.07, 6.45) is 1.50. The highest BCUT2D eigenvalue weighted by Crippen LogP contribution is 2.37. The van der Waals surface area contributed by atoms with Crippen LogP contribution in [0.2, 0.25) is 5.02 Å². The van der Waals surface area contributed by atoms with Crippen LogP contribution in [0.3, 0.4) is 0 Å². The molecule has 0 N–H and O–H groups in total. The lowest BCUT2D eigenvalue weighted by atomic mass is 10.1. The molecule has 0 atom stereocenters. The van der Waals surface area contributed by atoms with Crippen LogP contribution in [-0.4, -0.2) is 18.7 Å². The van der Waals surface area contributed by atoms with Crippen LogP contribution in [0.15, 0.2) is 47.1 Å². The van der Waals surface area contributed by atoms with Crippen molar-refractivity contribution in [3.8, 4) is 11.5 Å². The second-order valence-corrected chi connectivity index (χ2v) is 5.48. The van der Waals surface area contributed by atoms with Crippen LogP contribution in [0, 0.1) is 5.82 Å². The first-order chi connectivity index (χ1) is 11.6. The number of fused-ring (bicyclic) bond motifs is 1. The smallest absolute Gasteiger partial charge is 0.363 e. The number of carbonyl (C=O) groups is 1. The minimum Gasteiger partial charge on any atom is -0.454 e. The number of carbonyl (C=O) groups excluding carboxylic acids is 1. The number of hydrogen-bond donors (Lipinski definition) is 0. The number of halogens is 2. The van der Waals surface area contributed by atoms with Crippen LogP contribution in [0.1, 0.15) is 11.1 Å². The maximum absolute atomic E-state index is 13.0. The molecular formula is C17H9ClFNO4. The molecule has 0 radical (unpaired) electrons. The zero-order valence-corrected chi connectivity index (χ0v) is 12.8. The van der Waals surface area contributed by atoms with Gasteiger partial charge in [-0.3, -0.25) is 0 Å². The van der Waals surface area contributed by atoms with E-state index in [1.807, 2.05) is 0 Å². The molecule has 0 bridgehead atoms. The molecule has 0 spiro atoms. The maximum Gasteiger partial charge on any atom is 0.363 e. The van der Waals surface area contributed by atoms with Crippen LogP contribution >= 0.6 is 11.6 Å². The number of rotatable bonds is 2. The Morgan fingerprint density at radius 2 is 1.83 bits per heavy atom. The zero-order valence-electron chi connectivity index (χ0n) is 12.1. The average Bonchev–Trinajstić information content (AvgIpc) is 3.15. The summed E-state index contributed by atoms with van der Waals surface area (Å²) in [6.45, 7) is 0.126. The first-order valence-electron chi connectivity index (χ1n) is 6.98. The summed E-state index contributed by atoms with van der Waals surface area (Å²) >= 11 is 6.18. The molecule has 0 fully saturated rings. The molecule has 0 saturated heterocycles. The molecule has 5 nitrogen and oxygen atoms in total. The minimum absolute atomic E-state index is 0.0927. The molecule has 0 saturated carbocycles. The Morgan fingerprint density at radius 1 is 1.12 bits per heavy atom. The standard InChI is InChI=1S/C17H9ClFNO4/c18-12-7-15-14(22-8-23-15)6-10(12)5-13-17(21)24-16(20-13)9-1-3-11(19)4-2-9/h1-7H,8H2/b13-5-. The fourth-order valence-electron chi connectivity index (χ4n) is 2.32. The van der Waals surface area contributed by atoms with Gasteiger partial charge in [0, 0.05) is 11.6 Å². The number of cyclic esters (lactones) is 1. The molecule has 4 rings (SSSR count). The quantitative estimate of drug-likeness (QED) is 0.617. The van der Waals surface area contributed by atoms with Gasteiger partial charge in [0.05, 0.1) is 5.02 Å². The van der Waals surface area contributed by atoms with Crippen LogP contribution in [-0.2, 0) is 9.53 Å². The van der Waals surface area contributed by atoms with E-state index in [4.69, 9.17) is 25.8 Å². The Balaban J connectivity index is 1.70. The Kier molecular flexibility index (Phi) is 3.46. The number of ether oxygens (including phenoxy) is 3. The molecule has 2 aromatic carbocycles. The van der Waals surface area contributed by atoms with Crippen LogP contribution in [0.5, 0.6) is 11.5 Å². The van der Waals surface area contributed by atoms with Gasteiger partial charge in [-0.2, -0.15) is 0 Å². The van der Waals surface area contributed by atoms with Gasteiger partial charge in [0.2, 0.25) is 12.7 Å². The second-order valence-electron chi connectivity index (χ2n) is 5.07. The summed E-state index contributed by atoms with van der Waals surface area (Å²) in [6, 6.07) is 8.78. The SMILES string of the molecule is O=C1OC(c2ccc(F)cc2)=N/C1=C\c1cc2c(cc1Cl)OCO2. The van der Waals surface area contributed by atoms with Crippen LogP contribution in [0.25, 0.3) is 6.08 Å². The Bertz CT molecular complexity index is 906. The fraction of sp³-hybridized carbons (Fsp3) is 0.0588. The van der Waals surface area contributed by atoms with E-state index in [-0.39, 0.29) is 24.2 Å². The van der Waals surface area contributed by atoms with Gasteiger partial charge in [0.25, 0.3) is 0 Å². The van der Waals surface area contributed by atoms with E-state index in [9.17, 15) is 9.18 Å². The number of esters is 1. The van der Waals surface area contributed by atoms with Gasteiger partial charge < -0.3 is 14.2 Å². The third kappa shape index (κ3) is 2.61. The van der Waals surface area contributed by atoms with Crippen molar-refractivity contribution in [3.63, 3.8) is 0 Å². The van der Waals surface area contributed by atoms with Crippen molar-refractivity contribution >= 4 is 29.5 Å². The Hall–Kier alpha value is -2.86. The molecule has 2 aliphatic heterocycles. The van der Waals surface area contributed by atoms with Crippen molar-refractivity contribution < 1.29 is 23.4 Å². The average molecular weight is 346 g/mol. The maximum atomic E-state index is 13.0. The summed E-state index contributed by atoms with van der Waals surface area (Å²) in [7, 11) is 0. The molecule has 2 aliphatic rings. The topological polar surface area (TPSA) is 57.1 Å². The first-order valence-corrected chi connectivity index (χ1v) is 7.35. The number of nitrogens with zero attached hydrogens (tertiary/aromatic N) is 1. The van der Waals surface area contributed by atoms with Crippen LogP contribution in [0.4, 0.5) is 4.39 Å². The van der Waals surface area contributed by atoms with Crippen LogP contribution < -0.4 is 9.47 Å². The van der Waals surface area contributed by atoms with Crippen molar-refractivity contribution in [3.05, 3.63) is 64.1 Å². The fourth-order valence-corrected chi connectivity index (χ4v) is 2.52. The molecule has 0 amide bonds. The highest BCUT2D eigenvalue weighted by atomic mass is 35.5. The molecule has 120 valence electrons. The molecule has 7 heteroatoms. The lowest BCUT2D eigenvalue weighted by molar-refractivity contribution is -0.129. The molecule has 2 aromatic rings. The van der Waals surface area contributed by atoms with E-state index in [1.54, 1.807) is 12.1 Å². The van der Waals surface area contributed by atoms with Crippen molar-refractivity contribution in [1.29, 1.82) is 0 Å². The molecular weight excluding hydrogens is 337 g/mol. The summed E-state index contributed by atoms with van der Waals surface area (Å²) in [5.74, 6) is 0.213. The number of hydrogen-bond acceptors (Lipinski definition) is 5. The molecule has 0 aliphatic carbocycles. The van der Waals surface area contributed by atoms with Gasteiger partial charge in [-0.1, -0.05) is 11.6 Å². The Morgan fingerprint density at radius 3 is 2.58 bits per heavy atom. The highest BCUT2D eigenvalue weighted by molar-refractivity contribution is 6.32. The third-order valence-electron chi connectivity index (χ3n) is 3.50. The predicted molar refractivity (Wildman–Crippen MR) is 84.6 cm³/mol. The first kappa shape index (κ1) is 14.7. The van der Waals surface area contributed by atoms with E-state index >= 15 is 0 Å². The molecule has 0 unspecified atom stereocenters. The third-order valence-corrected chi connectivity index (χ3v) is 3.82. The summed E-state index contributed by atoms with van der Waals surface area (Å²) < 4.78 is 28.6. The van der Waals surface area contributed by atoms with Crippen molar-refractivity contribution in [1.82, 2.24) is 0 Å². The lowest BCUT2D eigenvalue weighted by Crippen LogP contribution is -2.05. The van der Waals surface area contributed by atoms with E-state index in [0.717, 1.165) is 0 Å². The highest BCUT2D eigenvalue weighted by Gasteiger charge is 2.25. The summed E-state index contributed by atoms with van der Waals surface area (Å²) in [4.78, 5) is 16.1. The van der Waals surface area contributed by atoms with E-state index in [2.05, 4.69) is 4.99 Å². The summed E-state index contributed by atoms with van der Waals surface area (Å²) in [5, 5.41) is 0.394. The van der Waals surface area contributed by atoms with E-state index < -0.39 is 5.97 Å². The van der Waals surface area contributed by atoms with Gasteiger partial charge in [-0.15, -0.1) is 0 Å². The number of aliphatic imine (C=N–C) groups is 1. The number of benzene rings is 2. The van der Waals surface area contributed by atoms with Gasteiger partial charge in [-0.25, -0.2) is 14.2 Å². The molecule has 0 aromatic heterocycles. The minimum atomic E-state index is -0.608. The van der Waals surface area contributed by atoms with E-state index in [1.165, 1.54) is 30.3 Å². The molecule has 2 heterocycles. The Labute approximate surface area is 140 Å². The van der Waals surface area contributed by atoms with Crippen molar-refractivity contribution in [2.45, 2.75) is 0 Å². The van der Waals surface area contributed by atoms with Gasteiger partial charge >= 0.3 is 5.97 Å². The summed E-state index contributed by atoms with van der Waals surface area (Å²) in [5.41, 5.74) is 1.15. The van der Waals surface area contributed by atoms with Crippen molar-refractivity contribution in [2.24, 2.45) is 4.99 Å². The zero-order chi connectivity index (χ0) is 16.7. The largest absolute Gasteiger partial charge is 0.454 e. The normalized spacial score (nSPS) is 17.2. The van der Waals surface area contributed by atoms with Gasteiger partial charge in [0.1, 0.15) is 5.82 Å². The molecule has 24 heavy (non-hydrogen) atoms. The lowest BCUT2D eigenvalue weighted by Gasteiger charge is -2.01. The second kappa shape index (κ2) is 5.65. The van der Waals surface area contributed by atoms with Gasteiger partial charge in [-0.05, 0) is 42.0 Å². The predicted octanol–water partition coefficient (Wildman–Crippen LogP) is 3.55.